The average molecular weight is 467 g/mol. The Bertz CT molecular complexity index is 1180. The van der Waals surface area contributed by atoms with Crippen LogP contribution >= 0.6 is 0 Å². The van der Waals surface area contributed by atoms with E-state index >= 15 is 0 Å². The monoisotopic (exact) mass is 467 g/mol. The highest BCUT2D eigenvalue weighted by Gasteiger charge is 2.47. The number of pyridine rings is 3. The van der Waals surface area contributed by atoms with Crippen molar-refractivity contribution < 1.29 is 18.0 Å². The van der Waals surface area contributed by atoms with Gasteiger partial charge >= 0.3 is 6.18 Å². The molecule has 1 aliphatic heterocycles. The second-order valence-electron chi connectivity index (χ2n) is 9.00. The van der Waals surface area contributed by atoms with Gasteiger partial charge in [0, 0.05) is 54.5 Å². The molecule has 2 aliphatic rings. The van der Waals surface area contributed by atoms with Crippen molar-refractivity contribution in [1.82, 2.24) is 19.9 Å². The fraction of sp³-hybridized carbons (Fsp3) is 0.360. The molecule has 2 fully saturated rings. The summed E-state index contributed by atoms with van der Waals surface area (Å²) >= 11 is 0. The summed E-state index contributed by atoms with van der Waals surface area (Å²) < 4.78 is 38.4. The summed E-state index contributed by atoms with van der Waals surface area (Å²) in [5.74, 6) is 1.29. The number of hydrogen-bond donors (Lipinski definition) is 1. The fourth-order valence-electron chi connectivity index (χ4n) is 4.64. The highest BCUT2D eigenvalue weighted by Crippen LogP contribution is 2.47. The fourth-order valence-corrected chi connectivity index (χ4v) is 4.64. The zero-order valence-corrected chi connectivity index (χ0v) is 18.6. The van der Waals surface area contributed by atoms with Crippen molar-refractivity contribution in [2.75, 3.05) is 18.4 Å². The predicted octanol–water partition coefficient (Wildman–Crippen LogP) is 4.83. The van der Waals surface area contributed by atoms with E-state index in [0.29, 0.717) is 36.4 Å². The molecule has 1 amide bonds. The van der Waals surface area contributed by atoms with Crippen LogP contribution in [0, 0.1) is 18.8 Å². The van der Waals surface area contributed by atoms with Crippen LogP contribution in [0.3, 0.4) is 0 Å². The third-order valence-electron chi connectivity index (χ3n) is 6.60. The van der Waals surface area contributed by atoms with E-state index in [2.05, 4.69) is 20.3 Å². The van der Waals surface area contributed by atoms with Crippen LogP contribution in [0.1, 0.15) is 34.6 Å². The zero-order valence-electron chi connectivity index (χ0n) is 18.6. The normalized spacial score (nSPS) is 21.6. The zero-order chi connectivity index (χ0) is 23.9. The number of amides is 1. The standard InChI is InChI=1S/C25H24F3N5O/c1-15-4-6-21(16-3-2-8-29-11-16)23(32-15)24(34)33-14-18-9-17(18)10-20(33)13-31-22-7-5-19(12-30-22)25(26,27)28/h2-8,11-12,17-18,20H,9-10,13-14H2,1H3,(H,30,31)/t17-,18+,20+/m1/s1. The van der Waals surface area contributed by atoms with E-state index in [4.69, 9.17) is 0 Å². The number of nitrogens with one attached hydrogen (secondary N) is 1. The lowest BCUT2D eigenvalue weighted by atomic mass is 9.99. The summed E-state index contributed by atoms with van der Waals surface area (Å²) in [6, 6.07) is 9.72. The number of nitrogens with zero attached hydrogens (tertiary/aromatic N) is 4. The minimum absolute atomic E-state index is 0.107. The van der Waals surface area contributed by atoms with Crippen LogP contribution in [0.15, 0.2) is 55.0 Å². The summed E-state index contributed by atoms with van der Waals surface area (Å²) in [5.41, 5.74) is 1.91. The van der Waals surface area contributed by atoms with Gasteiger partial charge in [0.25, 0.3) is 5.91 Å². The summed E-state index contributed by atoms with van der Waals surface area (Å²) in [6.45, 7) is 2.91. The number of likely N-dealkylation sites (tertiary alicyclic amines) is 1. The maximum absolute atomic E-state index is 13.8. The first-order valence-electron chi connectivity index (χ1n) is 11.3. The Hall–Kier alpha value is -3.49. The van der Waals surface area contributed by atoms with E-state index in [-0.39, 0.29) is 11.9 Å². The maximum atomic E-state index is 13.8. The number of piperidine rings is 1. The molecular weight excluding hydrogens is 443 g/mol. The van der Waals surface area contributed by atoms with Gasteiger partial charge in [-0.15, -0.1) is 0 Å². The lowest BCUT2D eigenvalue weighted by Crippen LogP contribution is -2.48. The van der Waals surface area contributed by atoms with Gasteiger partial charge in [0.1, 0.15) is 11.5 Å². The average Bonchev–Trinajstić information content (AvgIpc) is 3.60. The number of hydrogen-bond acceptors (Lipinski definition) is 5. The summed E-state index contributed by atoms with van der Waals surface area (Å²) in [7, 11) is 0. The number of anilines is 1. The molecule has 1 aliphatic carbocycles. The molecule has 0 radical (unpaired) electrons. The van der Waals surface area contributed by atoms with Crippen LogP contribution in [-0.4, -0.2) is 44.9 Å². The first-order valence-corrected chi connectivity index (χ1v) is 11.3. The van der Waals surface area contributed by atoms with Crippen molar-refractivity contribution in [3.05, 3.63) is 71.9 Å². The Balaban J connectivity index is 1.37. The molecule has 1 saturated heterocycles. The molecule has 0 bridgehead atoms. The van der Waals surface area contributed by atoms with Crippen molar-refractivity contribution in [3.8, 4) is 11.1 Å². The van der Waals surface area contributed by atoms with Gasteiger partial charge in [-0.2, -0.15) is 13.2 Å². The van der Waals surface area contributed by atoms with Crippen LogP contribution in [0.25, 0.3) is 11.1 Å². The third kappa shape index (κ3) is 4.60. The largest absolute Gasteiger partial charge is 0.417 e. The summed E-state index contributed by atoms with van der Waals surface area (Å²) in [6.07, 6.45) is 1.73. The van der Waals surface area contributed by atoms with Crippen molar-refractivity contribution in [3.63, 3.8) is 0 Å². The SMILES string of the molecule is Cc1ccc(-c2cccnc2)c(C(=O)N2C[C@@H]3C[C@@H]3C[C@H]2CNc2ccc(C(F)(F)F)cn2)n1. The van der Waals surface area contributed by atoms with Crippen molar-refractivity contribution in [1.29, 1.82) is 0 Å². The van der Waals surface area contributed by atoms with Gasteiger partial charge in [0.2, 0.25) is 0 Å². The van der Waals surface area contributed by atoms with Gasteiger partial charge in [-0.3, -0.25) is 9.78 Å². The lowest BCUT2D eigenvalue weighted by Gasteiger charge is -2.36. The Morgan fingerprint density at radius 3 is 2.68 bits per heavy atom. The van der Waals surface area contributed by atoms with E-state index in [1.165, 1.54) is 6.07 Å². The van der Waals surface area contributed by atoms with Gasteiger partial charge in [-0.05, 0) is 55.9 Å². The minimum atomic E-state index is -4.42. The van der Waals surface area contributed by atoms with Crippen LogP contribution in [-0.2, 0) is 6.18 Å². The molecule has 0 aromatic carbocycles. The van der Waals surface area contributed by atoms with Gasteiger partial charge in [-0.1, -0.05) is 12.1 Å². The van der Waals surface area contributed by atoms with Crippen molar-refractivity contribution >= 4 is 11.7 Å². The number of rotatable bonds is 5. The van der Waals surface area contributed by atoms with Gasteiger partial charge in [-0.25, -0.2) is 9.97 Å². The van der Waals surface area contributed by atoms with Crippen LogP contribution < -0.4 is 5.32 Å². The van der Waals surface area contributed by atoms with E-state index in [1.54, 1.807) is 12.4 Å². The summed E-state index contributed by atoms with van der Waals surface area (Å²) in [4.78, 5) is 28.3. The number of carbonyl (C=O) groups excluding carboxylic acids is 1. The Morgan fingerprint density at radius 1 is 1.12 bits per heavy atom. The quantitative estimate of drug-likeness (QED) is 0.582. The summed E-state index contributed by atoms with van der Waals surface area (Å²) in [5, 5.41) is 3.12. The number of halogens is 3. The van der Waals surface area contributed by atoms with Crippen LogP contribution in [0.5, 0.6) is 0 Å². The van der Waals surface area contributed by atoms with Gasteiger partial charge < -0.3 is 10.2 Å². The Labute approximate surface area is 195 Å². The molecule has 5 rings (SSSR count). The smallest absolute Gasteiger partial charge is 0.368 e. The third-order valence-corrected chi connectivity index (χ3v) is 6.60. The van der Waals surface area contributed by atoms with Crippen molar-refractivity contribution in [2.45, 2.75) is 32.0 Å². The van der Waals surface area contributed by atoms with Crippen LogP contribution in [0.4, 0.5) is 19.0 Å². The van der Waals surface area contributed by atoms with Crippen LogP contribution in [0.2, 0.25) is 0 Å². The first-order chi connectivity index (χ1) is 16.3. The molecule has 3 atom stereocenters. The molecular formula is C25H24F3N5O. The Kier molecular flexibility index (Phi) is 5.71. The first kappa shape index (κ1) is 22.3. The van der Waals surface area contributed by atoms with E-state index < -0.39 is 11.7 Å². The van der Waals surface area contributed by atoms with E-state index in [0.717, 1.165) is 41.9 Å². The lowest BCUT2D eigenvalue weighted by molar-refractivity contribution is -0.137. The number of carbonyl (C=O) groups is 1. The van der Waals surface area contributed by atoms with Gasteiger partial charge in [0.15, 0.2) is 0 Å². The number of fused-ring (bicyclic) bond motifs is 1. The topological polar surface area (TPSA) is 71.0 Å². The highest BCUT2D eigenvalue weighted by atomic mass is 19.4. The predicted molar refractivity (Wildman–Crippen MR) is 121 cm³/mol. The second kappa shape index (κ2) is 8.70. The minimum Gasteiger partial charge on any atom is -0.368 e. The molecule has 3 aromatic heterocycles. The van der Waals surface area contributed by atoms with Crippen molar-refractivity contribution in [2.24, 2.45) is 11.8 Å². The molecule has 176 valence electrons. The number of aromatic nitrogens is 3. The molecule has 1 saturated carbocycles. The molecule has 1 N–H and O–H groups in total. The molecule has 9 heteroatoms. The molecule has 4 heterocycles. The highest BCUT2D eigenvalue weighted by molar-refractivity contribution is 5.99. The molecule has 6 nitrogen and oxygen atoms in total. The Morgan fingerprint density at radius 2 is 1.97 bits per heavy atom. The number of alkyl halides is 3. The van der Waals surface area contributed by atoms with E-state index in [1.807, 2.05) is 36.1 Å². The van der Waals surface area contributed by atoms with Gasteiger partial charge in [0.05, 0.1) is 5.56 Å². The second-order valence-corrected chi connectivity index (χ2v) is 9.00. The molecule has 0 unspecified atom stereocenters. The van der Waals surface area contributed by atoms with E-state index in [9.17, 15) is 18.0 Å². The molecule has 0 spiro atoms. The maximum Gasteiger partial charge on any atom is 0.417 e. The molecule has 34 heavy (non-hydrogen) atoms. The number of aryl methyl sites for hydroxylation is 1. The molecule has 3 aromatic rings.